The highest BCUT2D eigenvalue weighted by Gasteiger charge is 2.23. The van der Waals surface area contributed by atoms with Crippen molar-refractivity contribution in [3.05, 3.63) is 46.4 Å². The van der Waals surface area contributed by atoms with Crippen LogP contribution in [0.4, 0.5) is 0 Å². The summed E-state index contributed by atoms with van der Waals surface area (Å²) in [6.45, 7) is 3.82. The van der Waals surface area contributed by atoms with Gasteiger partial charge >= 0.3 is 0 Å². The lowest BCUT2D eigenvalue weighted by Crippen LogP contribution is -2.17. The number of hydrogen-bond donors (Lipinski definition) is 1. The number of thiocarbonyl (C=S) groups is 1. The molecule has 0 aromatic carbocycles. The number of thioether (sulfide) groups is 1. The predicted octanol–water partition coefficient (Wildman–Crippen LogP) is 4.82. The Morgan fingerprint density at radius 3 is 2.82 bits per heavy atom. The molecule has 9 heteroatoms. The number of nitrogens with one attached hydrogen (secondary N) is 1. The van der Waals surface area contributed by atoms with Crippen molar-refractivity contribution in [2.45, 2.75) is 20.0 Å². The number of hydrogen-bond acceptors (Lipinski definition) is 7. The van der Waals surface area contributed by atoms with Gasteiger partial charge in [-0.3, -0.25) is 9.78 Å². The van der Waals surface area contributed by atoms with Gasteiger partial charge in [-0.25, -0.2) is 4.98 Å². The minimum atomic E-state index is -0.231. The summed E-state index contributed by atoms with van der Waals surface area (Å²) in [6, 6.07) is 3.58. The first-order chi connectivity index (χ1) is 13.4. The molecule has 0 unspecified atom stereocenters. The Hall–Kier alpha value is -2.42. The lowest BCUT2D eigenvalue weighted by molar-refractivity contribution is -0.115. The van der Waals surface area contributed by atoms with Crippen LogP contribution < -0.4 is 10.1 Å². The van der Waals surface area contributed by atoms with Gasteiger partial charge in [0.05, 0.1) is 11.0 Å². The standard InChI is InChI=1S/C19H14ClN3O3S2/c1-9(2)25-18-14(20)4-10(7-22-18)13-8-21-6-11-3-12(26-16(11)13)5-15-17(24)23-19(27)28-15/h3-9H,1-2H3,(H,23,24,27)/b15-5+. The lowest BCUT2D eigenvalue weighted by Gasteiger charge is -2.11. The van der Waals surface area contributed by atoms with E-state index in [1.807, 2.05) is 19.9 Å². The summed E-state index contributed by atoms with van der Waals surface area (Å²) in [7, 11) is 0. The van der Waals surface area contributed by atoms with Gasteiger partial charge in [-0.2, -0.15) is 0 Å². The second kappa shape index (κ2) is 7.54. The van der Waals surface area contributed by atoms with E-state index in [2.05, 4.69) is 15.3 Å². The second-order valence-electron chi connectivity index (χ2n) is 6.28. The molecule has 1 N–H and O–H groups in total. The fraction of sp³-hybridized carbons (Fsp3) is 0.158. The SMILES string of the molecule is CC(C)Oc1ncc(-c2cncc3cc(/C=C4/SC(=S)NC4=O)oc23)cc1Cl. The minimum absolute atomic E-state index is 0.0276. The van der Waals surface area contributed by atoms with Gasteiger partial charge in [0.2, 0.25) is 5.88 Å². The van der Waals surface area contributed by atoms with Crippen LogP contribution in [0, 0.1) is 0 Å². The summed E-state index contributed by atoms with van der Waals surface area (Å²) in [5.41, 5.74) is 2.12. The van der Waals surface area contributed by atoms with Crippen LogP contribution in [-0.4, -0.2) is 26.3 Å². The average Bonchev–Trinajstić information content (AvgIpc) is 3.18. The zero-order valence-corrected chi connectivity index (χ0v) is 17.2. The first-order valence-electron chi connectivity index (χ1n) is 8.35. The molecule has 1 fully saturated rings. The van der Waals surface area contributed by atoms with Gasteiger partial charge in [0.1, 0.15) is 20.7 Å². The Bertz CT molecular complexity index is 1140. The van der Waals surface area contributed by atoms with Gasteiger partial charge in [0.15, 0.2) is 0 Å². The van der Waals surface area contributed by atoms with Crippen molar-refractivity contribution in [3.8, 4) is 17.0 Å². The monoisotopic (exact) mass is 431 g/mol. The van der Waals surface area contributed by atoms with Crippen LogP contribution in [0.5, 0.6) is 5.88 Å². The molecule has 0 aliphatic carbocycles. The smallest absolute Gasteiger partial charge is 0.263 e. The van der Waals surface area contributed by atoms with E-state index < -0.39 is 0 Å². The number of nitrogens with zero attached hydrogens (tertiary/aromatic N) is 2. The molecule has 0 bridgehead atoms. The molecule has 6 nitrogen and oxygen atoms in total. The molecule has 0 saturated carbocycles. The van der Waals surface area contributed by atoms with Gasteiger partial charge in [-0.1, -0.05) is 35.6 Å². The van der Waals surface area contributed by atoms with Crippen molar-refractivity contribution in [2.24, 2.45) is 0 Å². The third kappa shape index (κ3) is 3.76. The summed E-state index contributed by atoms with van der Waals surface area (Å²) in [6.07, 6.45) is 6.68. The third-order valence-electron chi connectivity index (χ3n) is 3.82. The summed E-state index contributed by atoms with van der Waals surface area (Å²) in [5.74, 6) is 0.682. The molecule has 0 radical (unpaired) electrons. The van der Waals surface area contributed by atoms with E-state index in [1.54, 1.807) is 30.7 Å². The second-order valence-corrected chi connectivity index (χ2v) is 8.41. The largest absolute Gasteiger partial charge is 0.474 e. The maximum Gasteiger partial charge on any atom is 0.263 e. The Morgan fingerprint density at radius 1 is 1.32 bits per heavy atom. The van der Waals surface area contributed by atoms with Gasteiger partial charge in [-0.05, 0) is 26.0 Å². The number of pyridine rings is 2. The quantitative estimate of drug-likeness (QED) is 0.468. The number of carbonyl (C=O) groups is 1. The number of fused-ring (bicyclic) bond motifs is 1. The van der Waals surface area contributed by atoms with Crippen molar-refractivity contribution in [1.29, 1.82) is 0 Å². The number of amides is 1. The van der Waals surface area contributed by atoms with Crippen LogP contribution in [0.3, 0.4) is 0 Å². The van der Waals surface area contributed by atoms with E-state index in [4.69, 9.17) is 33.0 Å². The van der Waals surface area contributed by atoms with Crippen molar-refractivity contribution in [2.75, 3.05) is 0 Å². The molecule has 1 aliphatic heterocycles. The summed E-state index contributed by atoms with van der Waals surface area (Å²) < 4.78 is 12.0. The van der Waals surface area contributed by atoms with Crippen LogP contribution in [0.25, 0.3) is 28.2 Å². The van der Waals surface area contributed by atoms with E-state index in [1.165, 1.54) is 11.8 Å². The highest BCUT2D eigenvalue weighted by atomic mass is 35.5. The molecule has 28 heavy (non-hydrogen) atoms. The summed E-state index contributed by atoms with van der Waals surface area (Å²) in [4.78, 5) is 20.9. The molecule has 3 aromatic heterocycles. The number of rotatable bonds is 4. The normalized spacial score (nSPS) is 15.6. The van der Waals surface area contributed by atoms with Crippen molar-refractivity contribution < 1.29 is 13.9 Å². The van der Waals surface area contributed by atoms with E-state index >= 15 is 0 Å². The summed E-state index contributed by atoms with van der Waals surface area (Å²) >= 11 is 12.5. The van der Waals surface area contributed by atoms with Crippen LogP contribution in [0.1, 0.15) is 19.6 Å². The molecule has 0 atom stereocenters. The highest BCUT2D eigenvalue weighted by molar-refractivity contribution is 8.26. The van der Waals surface area contributed by atoms with Gasteiger partial charge < -0.3 is 14.5 Å². The zero-order chi connectivity index (χ0) is 19.8. The third-order valence-corrected chi connectivity index (χ3v) is 5.26. The highest BCUT2D eigenvalue weighted by Crippen LogP contribution is 2.35. The minimum Gasteiger partial charge on any atom is -0.474 e. The fourth-order valence-corrected chi connectivity index (χ4v) is 3.93. The van der Waals surface area contributed by atoms with Gasteiger partial charge in [0.25, 0.3) is 5.91 Å². The number of halogens is 1. The van der Waals surface area contributed by atoms with E-state index in [-0.39, 0.29) is 12.0 Å². The first kappa shape index (κ1) is 18.9. The van der Waals surface area contributed by atoms with Crippen LogP contribution in [0.15, 0.2) is 40.0 Å². The molecule has 0 spiro atoms. The van der Waals surface area contributed by atoms with Crippen LogP contribution in [0.2, 0.25) is 5.02 Å². The molecular formula is C19H14ClN3O3S2. The Morgan fingerprint density at radius 2 is 2.14 bits per heavy atom. The topological polar surface area (TPSA) is 77.3 Å². The van der Waals surface area contributed by atoms with E-state index in [0.29, 0.717) is 31.5 Å². The molecule has 4 heterocycles. The van der Waals surface area contributed by atoms with Crippen molar-refractivity contribution in [1.82, 2.24) is 15.3 Å². The zero-order valence-electron chi connectivity index (χ0n) is 14.9. The van der Waals surface area contributed by atoms with Gasteiger partial charge in [0, 0.05) is 41.2 Å². The number of furan rings is 1. The molecule has 3 aromatic rings. The Labute approximate surface area is 175 Å². The lowest BCUT2D eigenvalue weighted by atomic mass is 10.1. The molecule has 4 rings (SSSR count). The van der Waals surface area contributed by atoms with Crippen LogP contribution in [-0.2, 0) is 4.79 Å². The molecule has 1 saturated heterocycles. The predicted molar refractivity (Wildman–Crippen MR) is 114 cm³/mol. The van der Waals surface area contributed by atoms with E-state index in [0.717, 1.165) is 16.5 Å². The number of ether oxygens (including phenoxy) is 1. The Kier molecular flexibility index (Phi) is 5.09. The summed E-state index contributed by atoms with van der Waals surface area (Å²) in [5, 5.41) is 3.79. The Balaban J connectivity index is 1.74. The maximum atomic E-state index is 11.9. The van der Waals surface area contributed by atoms with Crippen LogP contribution >= 0.6 is 35.6 Å². The number of carbonyl (C=O) groups excluding carboxylic acids is 1. The van der Waals surface area contributed by atoms with E-state index in [9.17, 15) is 4.79 Å². The van der Waals surface area contributed by atoms with Crippen molar-refractivity contribution >= 4 is 62.9 Å². The fourth-order valence-electron chi connectivity index (χ4n) is 2.69. The van der Waals surface area contributed by atoms with Crippen molar-refractivity contribution in [3.63, 3.8) is 0 Å². The number of aromatic nitrogens is 2. The maximum absolute atomic E-state index is 11.9. The molecule has 1 aliphatic rings. The van der Waals surface area contributed by atoms with Gasteiger partial charge in [-0.15, -0.1) is 0 Å². The first-order valence-corrected chi connectivity index (χ1v) is 9.96. The average molecular weight is 432 g/mol. The molecule has 142 valence electrons. The molecular weight excluding hydrogens is 418 g/mol. The molecule has 1 amide bonds.